The molecule has 0 radical (unpaired) electrons. The van der Waals surface area contributed by atoms with Crippen LogP contribution in [0.15, 0.2) is 18.2 Å². The van der Waals surface area contributed by atoms with Crippen LogP contribution in [0.25, 0.3) is 0 Å². The third-order valence-corrected chi connectivity index (χ3v) is 3.00. The first kappa shape index (κ1) is 11.9. The molecule has 17 heavy (non-hydrogen) atoms. The predicted molar refractivity (Wildman–Crippen MR) is 61.8 cm³/mol. The van der Waals surface area contributed by atoms with E-state index in [1.807, 2.05) is 19.1 Å². The molecule has 1 N–H and O–H groups in total. The molecule has 1 aliphatic rings. The van der Waals surface area contributed by atoms with Crippen LogP contribution < -0.4 is 4.74 Å². The van der Waals surface area contributed by atoms with E-state index in [1.165, 1.54) is 0 Å². The molecular weight excluding hydrogens is 220 g/mol. The summed E-state index contributed by atoms with van der Waals surface area (Å²) in [5.41, 5.74) is 0.227. The van der Waals surface area contributed by atoms with Gasteiger partial charge in [0.25, 0.3) is 0 Å². The van der Waals surface area contributed by atoms with Crippen molar-refractivity contribution in [3.8, 4) is 5.75 Å². The molecule has 2 rings (SSSR count). The first-order chi connectivity index (χ1) is 7.98. The van der Waals surface area contributed by atoms with E-state index in [-0.39, 0.29) is 6.61 Å². The second-order valence-corrected chi connectivity index (χ2v) is 4.35. The Hall–Kier alpha value is -1.55. The SMILES string of the molecule is CCOC(=O)[C@H]1Oc2cccc(C)c2[C@]1(C)O. The zero-order valence-corrected chi connectivity index (χ0v) is 10.2. The summed E-state index contributed by atoms with van der Waals surface area (Å²) in [6, 6.07) is 5.46. The van der Waals surface area contributed by atoms with Crippen LogP contribution in [-0.2, 0) is 15.1 Å². The zero-order valence-electron chi connectivity index (χ0n) is 10.2. The largest absolute Gasteiger partial charge is 0.475 e. The number of carbonyl (C=O) groups excluding carboxylic acids is 1. The van der Waals surface area contributed by atoms with Gasteiger partial charge in [-0.05, 0) is 32.4 Å². The molecule has 0 fully saturated rings. The van der Waals surface area contributed by atoms with E-state index in [4.69, 9.17) is 9.47 Å². The molecule has 92 valence electrons. The van der Waals surface area contributed by atoms with Gasteiger partial charge in [0.2, 0.25) is 6.10 Å². The van der Waals surface area contributed by atoms with E-state index < -0.39 is 17.7 Å². The van der Waals surface area contributed by atoms with Crippen LogP contribution in [0.4, 0.5) is 0 Å². The first-order valence-corrected chi connectivity index (χ1v) is 5.64. The van der Waals surface area contributed by atoms with Gasteiger partial charge in [-0.1, -0.05) is 12.1 Å². The molecule has 0 bridgehead atoms. The van der Waals surface area contributed by atoms with Crippen molar-refractivity contribution in [2.24, 2.45) is 0 Å². The van der Waals surface area contributed by atoms with Gasteiger partial charge in [0.1, 0.15) is 11.4 Å². The topological polar surface area (TPSA) is 55.8 Å². The summed E-state index contributed by atoms with van der Waals surface area (Å²) < 4.78 is 10.4. The van der Waals surface area contributed by atoms with Crippen LogP contribution in [-0.4, -0.2) is 23.8 Å². The van der Waals surface area contributed by atoms with Gasteiger partial charge in [-0.3, -0.25) is 0 Å². The Morgan fingerprint density at radius 3 is 2.88 bits per heavy atom. The summed E-state index contributed by atoms with van der Waals surface area (Å²) in [5, 5.41) is 10.5. The van der Waals surface area contributed by atoms with E-state index in [0.717, 1.165) is 5.56 Å². The van der Waals surface area contributed by atoms with Gasteiger partial charge in [0, 0.05) is 5.56 Å². The minimum absolute atomic E-state index is 0.268. The minimum Gasteiger partial charge on any atom is -0.475 e. The average Bonchev–Trinajstić information content (AvgIpc) is 2.52. The predicted octanol–water partition coefficient (Wildman–Crippen LogP) is 1.53. The molecular formula is C13H16O4. The van der Waals surface area contributed by atoms with Gasteiger partial charge in [0.05, 0.1) is 6.61 Å². The lowest BCUT2D eigenvalue weighted by molar-refractivity contribution is -0.161. The molecule has 1 aromatic carbocycles. The fraction of sp³-hybridized carbons (Fsp3) is 0.462. The average molecular weight is 236 g/mol. The van der Waals surface area contributed by atoms with Gasteiger partial charge in [-0.2, -0.15) is 0 Å². The number of hydrogen-bond donors (Lipinski definition) is 1. The third-order valence-electron chi connectivity index (χ3n) is 3.00. The molecule has 0 amide bonds. The van der Waals surface area contributed by atoms with Gasteiger partial charge < -0.3 is 14.6 Å². The lowest BCUT2D eigenvalue weighted by atomic mass is 9.89. The first-order valence-electron chi connectivity index (χ1n) is 5.64. The Kier molecular flexibility index (Phi) is 2.83. The second-order valence-electron chi connectivity index (χ2n) is 4.35. The number of carbonyl (C=O) groups is 1. The van der Waals surface area contributed by atoms with Crippen molar-refractivity contribution in [3.63, 3.8) is 0 Å². The third kappa shape index (κ3) is 1.78. The maximum atomic E-state index is 11.7. The van der Waals surface area contributed by atoms with E-state index >= 15 is 0 Å². The van der Waals surface area contributed by atoms with Crippen molar-refractivity contribution in [1.29, 1.82) is 0 Å². The highest BCUT2D eigenvalue weighted by atomic mass is 16.6. The summed E-state index contributed by atoms with van der Waals surface area (Å²) in [4.78, 5) is 11.7. The molecule has 0 saturated carbocycles. The standard InChI is InChI=1S/C13H16O4/c1-4-16-12(14)11-13(3,15)10-8(2)6-5-7-9(10)17-11/h5-7,11,15H,4H2,1-3H3/t11-,13+/m1/s1. The minimum atomic E-state index is -1.34. The van der Waals surface area contributed by atoms with Crippen molar-refractivity contribution < 1.29 is 19.4 Å². The number of aryl methyl sites for hydroxylation is 1. The van der Waals surface area contributed by atoms with E-state index in [0.29, 0.717) is 11.3 Å². The Balaban J connectivity index is 2.40. The highest BCUT2D eigenvalue weighted by molar-refractivity contribution is 5.79. The van der Waals surface area contributed by atoms with Gasteiger partial charge in [-0.15, -0.1) is 0 Å². The van der Waals surface area contributed by atoms with E-state index in [2.05, 4.69) is 0 Å². The normalized spacial score (nSPS) is 26.2. The number of esters is 1. The van der Waals surface area contributed by atoms with Gasteiger partial charge in [-0.25, -0.2) is 4.79 Å². The summed E-state index contributed by atoms with van der Waals surface area (Å²) in [7, 11) is 0. The highest BCUT2D eigenvalue weighted by Gasteiger charge is 2.49. The number of hydrogen-bond acceptors (Lipinski definition) is 4. The number of ether oxygens (including phenoxy) is 2. The quantitative estimate of drug-likeness (QED) is 0.791. The summed E-state index contributed by atoms with van der Waals surface area (Å²) >= 11 is 0. The number of rotatable bonds is 2. The summed E-state index contributed by atoms with van der Waals surface area (Å²) in [5.74, 6) is 0.0150. The van der Waals surface area contributed by atoms with Crippen LogP contribution in [0.2, 0.25) is 0 Å². The van der Waals surface area contributed by atoms with Crippen molar-refractivity contribution in [3.05, 3.63) is 29.3 Å². The monoisotopic (exact) mass is 236 g/mol. The van der Waals surface area contributed by atoms with Crippen molar-refractivity contribution in [1.82, 2.24) is 0 Å². The molecule has 4 nitrogen and oxygen atoms in total. The van der Waals surface area contributed by atoms with Crippen molar-refractivity contribution >= 4 is 5.97 Å². The molecule has 1 aromatic rings. The van der Waals surface area contributed by atoms with Crippen LogP contribution in [0, 0.1) is 6.92 Å². The molecule has 1 aliphatic heterocycles. The molecule has 0 spiro atoms. The van der Waals surface area contributed by atoms with Crippen LogP contribution in [0.3, 0.4) is 0 Å². The lowest BCUT2D eigenvalue weighted by Crippen LogP contribution is -2.42. The highest BCUT2D eigenvalue weighted by Crippen LogP contribution is 2.43. The summed E-state index contributed by atoms with van der Waals surface area (Å²) in [6.45, 7) is 5.45. The fourth-order valence-corrected chi connectivity index (χ4v) is 2.26. The molecule has 1 heterocycles. The van der Waals surface area contributed by atoms with Gasteiger partial charge in [0.15, 0.2) is 0 Å². The molecule has 0 unspecified atom stereocenters. The fourth-order valence-electron chi connectivity index (χ4n) is 2.26. The Bertz CT molecular complexity index is 451. The maximum absolute atomic E-state index is 11.7. The smallest absolute Gasteiger partial charge is 0.350 e. The number of aliphatic hydroxyl groups is 1. The Morgan fingerprint density at radius 1 is 1.59 bits per heavy atom. The van der Waals surface area contributed by atoms with E-state index in [1.54, 1.807) is 19.9 Å². The van der Waals surface area contributed by atoms with Crippen molar-refractivity contribution in [2.75, 3.05) is 6.61 Å². The van der Waals surface area contributed by atoms with Gasteiger partial charge >= 0.3 is 5.97 Å². The Labute approximate surface area is 100 Å². The zero-order chi connectivity index (χ0) is 12.6. The van der Waals surface area contributed by atoms with Crippen LogP contribution >= 0.6 is 0 Å². The molecule has 0 aromatic heterocycles. The van der Waals surface area contributed by atoms with Crippen LogP contribution in [0.1, 0.15) is 25.0 Å². The number of benzene rings is 1. The summed E-state index contributed by atoms with van der Waals surface area (Å²) in [6.07, 6.45) is -0.987. The Morgan fingerprint density at radius 2 is 2.29 bits per heavy atom. The molecule has 0 aliphatic carbocycles. The molecule has 4 heteroatoms. The molecule has 0 saturated heterocycles. The van der Waals surface area contributed by atoms with E-state index in [9.17, 15) is 9.90 Å². The van der Waals surface area contributed by atoms with Crippen LogP contribution in [0.5, 0.6) is 5.75 Å². The second kappa shape index (κ2) is 4.04. The lowest BCUT2D eigenvalue weighted by Gasteiger charge is -2.23. The molecule has 2 atom stereocenters. The van der Waals surface area contributed by atoms with Crippen molar-refractivity contribution in [2.45, 2.75) is 32.5 Å². The maximum Gasteiger partial charge on any atom is 0.350 e. The number of fused-ring (bicyclic) bond motifs is 1.